The van der Waals surface area contributed by atoms with Gasteiger partial charge in [-0.05, 0) is 56.2 Å². The Hall–Kier alpha value is -2.97. The summed E-state index contributed by atoms with van der Waals surface area (Å²) in [6, 6.07) is 12.1. The summed E-state index contributed by atoms with van der Waals surface area (Å²) in [5.41, 5.74) is 1.80. The third-order valence-electron chi connectivity index (χ3n) is 4.90. The van der Waals surface area contributed by atoms with Crippen molar-refractivity contribution in [3.8, 4) is 0 Å². The van der Waals surface area contributed by atoms with E-state index in [0.29, 0.717) is 5.69 Å². The van der Waals surface area contributed by atoms with Crippen molar-refractivity contribution in [2.45, 2.75) is 45.0 Å². The molecule has 1 saturated heterocycles. The number of aliphatic hydroxyl groups excluding tert-OH is 1. The monoisotopic (exact) mass is 429 g/mol. The molecule has 1 fully saturated rings. The van der Waals surface area contributed by atoms with Crippen LogP contribution in [0.1, 0.15) is 38.0 Å². The number of amides is 3. The van der Waals surface area contributed by atoms with Crippen LogP contribution in [-0.2, 0) is 16.1 Å². The summed E-state index contributed by atoms with van der Waals surface area (Å²) in [6.45, 7) is 5.52. The van der Waals surface area contributed by atoms with E-state index in [4.69, 9.17) is 4.74 Å². The molecular formula is C23H28FN3O4. The topological polar surface area (TPSA) is 90.9 Å². The number of hydrogen-bond donors (Lipinski definition) is 3. The molecule has 2 aromatic rings. The summed E-state index contributed by atoms with van der Waals surface area (Å²) >= 11 is 0. The summed E-state index contributed by atoms with van der Waals surface area (Å²) in [5, 5.41) is 15.6. The maximum Gasteiger partial charge on any atom is 0.319 e. The number of carbonyl (C=O) groups is 2. The minimum absolute atomic E-state index is 0.115. The maximum atomic E-state index is 13.2. The fraction of sp³-hybridized carbons (Fsp3) is 0.391. The minimum Gasteiger partial charge on any atom is -0.394 e. The lowest BCUT2D eigenvalue weighted by Crippen LogP contribution is -2.52. The number of aliphatic hydroxyl groups is 1. The highest BCUT2D eigenvalue weighted by atomic mass is 19.1. The van der Waals surface area contributed by atoms with Crippen LogP contribution in [0.5, 0.6) is 0 Å². The van der Waals surface area contributed by atoms with E-state index < -0.39 is 12.1 Å². The molecule has 2 atom stereocenters. The summed E-state index contributed by atoms with van der Waals surface area (Å²) < 4.78 is 18.9. The molecule has 2 aromatic carbocycles. The largest absolute Gasteiger partial charge is 0.394 e. The standard InChI is InChI=1S/C23H28FN3O4/c1-23(2,3)26-22(30)25-18-10-6-16(7-11-18)21-19(13-28)27(20(29)14-31-21)12-15-4-8-17(24)9-5-15/h4-11,19,21,28H,12-14H2,1-3H3,(H2,25,26,30)/t19-,21-/m1/s1. The van der Waals surface area contributed by atoms with E-state index in [0.717, 1.165) is 11.1 Å². The lowest BCUT2D eigenvalue weighted by Gasteiger charge is -2.40. The van der Waals surface area contributed by atoms with Gasteiger partial charge in [0.15, 0.2) is 0 Å². The van der Waals surface area contributed by atoms with Gasteiger partial charge in [0.05, 0.1) is 12.6 Å². The second-order valence-corrected chi connectivity index (χ2v) is 8.58. The van der Waals surface area contributed by atoms with Crippen molar-refractivity contribution in [2.75, 3.05) is 18.5 Å². The molecule has 166 valence electrons. The Morgan fingerprint density at radius 2 is 1.81 bits per heavy atom. The molecule has 3 N–H and O–H groups in total. The van der Waals surface area contributed by atoms with Crippen LogP contribution in [0.4, 0.5) is 14.9 Å². The van der Waals surface area contributed by atoms with E-state index >= 15 is 0 Å². The van der Waals surface area contributed by atoms with Crippen molar-refractivity contribution >= 4 is 17.6 Å². The zero-order chi connectivity index (χ0) is 22.6. The minimum atomic E-state index is -0.589. The molecule has 8 heteroatoms. The number of rotatable bonds is 5. The Bertz CT molecular complexity index is 910. The van der Waals surface area contributed by atoms with Gasteiger partial charge in [-0.25, -0.2) is 9.18 Å². The van der Waals surface area contributed by atoms with Crippen molar-refractivity contribution in [1.29, 1.82) is 0 Å². The van der Waals surface area contributed by atoms with Crippen LogP contribution in [0.25, 0.3) is 0 Å². The third kappa shape index (κ3) is 6.02. The van der Waals surface area contributed by atoms with Crippen LogP contribution in [0, 0.1) is 5.82 Å². The first-order chi connectivity index (χ1) is 14.7. The average molecular weight is 429 g/mol. The van der Waals surface area contributed by atoms with Gasteiger partial charge in [0.2, 0.25) is 5.91 Å². The number of nitrogens with zero attached hydrogens (tertiary/aromatic N) is 1. The van der Waals surface area contributed by atoms with Crippen LogP contribution < -0.4 is 10.6 Å². The molecular weight excluding hydrogens is 401 g/mol. The fourth-order valence-corrected chi connectivity index (χ4v) is 3.47. The van der Waals surface area contributed by atoms with E-state index in [9.17, 15) is 19.1 Å². The molecule has 1 aliphatic heterocycles. The van der Waals surface area contributed by atoms with E-state index in [1.807, 2.05) is 20.8 Å². The van der Waals surface area contributed by atoms with Crippen molar-refractivity contribution in [1.82, 2.24) is 10.2 Å². The molecule has 0 unspecified atom stereocenters. The molecule has 0 bridgehead atoms. The second-order valence-electron chi connectivity index (χ2n) is 8.58. The fourth-order valence-electron chi connectivity index (χ4n) is 3.47. The van der Waals surface area contributed by atoms with Crippen molar-refractivity contribution < 1.29 is 23.8 Å². The van der Waals surface area contributed by atoms with Gasteiger partial charge in [-0.2, -0.15) is 0 Å². The first kappa shape index (κ1) is 22.7. The molecule has 0 radical (unpaired) electrons. The number of nitrogens with one attached hydrogen (secondary N) is 2. The van der Waals surface area contributed by atoms with E-state index in [-0.39, 0.29) is 43.1 Å². The summed E-state index contributed by atoms with van der Waals surface area (Å²) in [6.07, 6.45) is -0.527. The normalized spacial score (nSPS) is 19.3. The molecule has 7 nitrogen and oxygen atoms in total. The summed E-state index contributed by atoms with van der Waals surface area (Å²) in [4.78, 5) is 26.1. The number of anilines is 1. The highest BCUT2D eigenvalue weighted by molar-refractivity contribution is 5.89. The molecule has 0 aliphatic carbocycles. The second kappa shape index (κ2) is 9.45. The number of benzene rings is 2. The van der Waals surface area contributed by atoms with Crippen molar-refractivity contribution in [2.24, 2.45) is 0 Å². The number of carbonyl (C=O) groups excluding carboxylic acids is 2. The lowest BCUT2D eigenvalue weighted by molar-refractivity contribution is -0.162. The van der Waals surface area contributed by atoms with Gasteiger partial charge in [0.25, 0.3) is 0 Å². The molecule has 1 heterocycles. The van der Waals surface area contributed by atoms with Crippen molar-refractivity contribution in [3.63, 3.8) is 0 Å². The Labute approximate surface area is 181 Å². The highest BCUT2D eigenvalue weighted by Crippen LogP contribution is 2.31. The van der Waals surface area contributed by atoms with Crippen LogP contribution in [0.2, 0.25) is 0 Å². The van der Waals surface area contributed by atoms with E-state index in [1.165, 1.54) is 12.1 Å². The number of ether oxygens (including phenoxy) is 1. The van der Waals surface area contributed by atoms with Crippen LogP contribution in [0.15, 0.2) is 48.5 Å². The number of urea groups is 1. The van der Waals surface area contributed by atoms with Crippen LogP contribution in [0.3, 0.4) is 0 Å². The Morgan fingerprint density at radius 3 is 2.39 bits per heavy atom. The molecule has 0 saturated carbocycles. The van der Waals surface area contributed by atoms with Gasteiger partial charge >= 0.3 is 6.03 Å². The third-order valence-corrected chi connectivity index (χ3v) is 4.90. The molecule has 0 aromatic heterocycles. The SMILES string of the molecule is CC(C)(C)NC(=O)Nc1ccc([C@H]2OCC(=O)N(Cc3ccc(F)cc3)[C@@H]2CO)cc1. The van der Waals surface area contributed by atoms with E-state index in [2.05, 4.69) is 10.6 Å². The lowest BCUT2D eigenvalue weighted by atomic mass is 9.98. The highest BCUT2D eigenvalue weighted by Gasteiger charge is 2.37. The number of morpholine rings is 1. The van der Waals surface area contributed by atoms with Crippen LogP contribution >= 0.6 is 0 Å². The smallest absolute Gasteiger partial charge is 0.319 e. The molecule has 0 spiro atoms. The Morgan fingerprint density at radius 1 is 1.16 bits per heavy atom. The quantitative estimate of drug-likeness (QED) is 0.681. The summed E-state index contributed by atoms with van der Waals surface area (Å²) in [7, 11) is 0. The summed E-state index contributed by atoms with van der Waals surface area (Å²) in [5.74, 6) is -0.588. The van der Waals surface area contributed by atoms with Gasteiger partial charge in [0.1, 0.15) is 18.5 Å². The van der Waals surface area contributed by atoms with Crippen LogP contribution in [-0.4, -0.2) is 46.7 Å². The van der Waals surface area contributed by atoms with Gasteiger partial charge in [-0.1, -0.05) is 24.3 Å². The van der Waals surface area contributed by atoms with Gasteiger partial charge in [-0.3, -0.25) is 4.79 Å². The maximum absolute atomic E-state index is 13.2. The zero-order valence-corrected chi connectivity index (χ0v) is 17.9. The number of halogens is 1. The molecule has 1 aliphatic rings. The predicted molar refractivity (Wildman–Crippen MR) is 115 cm³/mol. The van der Waals surface area contributed by atoms with Gasteiger partial charge < -0.3 is 25.4 Å². The molecule has 31 heavy (non-hydrogen) atoms. The zero-order valence-electron chi connectivity index (χ0n) is 17.9. The average Bonchev–Trinajstić information content (AvgIpc) is 2.70. The first-order valence-corrected chi connectivity index (χ1v) is 10.1. The predicted octanol–water partition coefficient (Wildman–Crippen LogP) is 3.21. The van der Waals surface area contributed by atoms with Gasteiger partial charge in [-0.15, -0.1) is 0 Å². The Balaban J connectivity index is 1.72. The molecule has 3 rings (SSSR count). The number of hydrogen-bond acceptors (Lipinski definition) is 4. The first-order valence-electron chi connectivity index (χ1n) is 10.1. The molecule has 3 amide bonds. The van der Waals surface area contributed by atoms with Crippen molar-refractivity contribution in [3.05, 3.63) is 65.5 Å². The van der Waals surface area contributed by atoms with E-state index in [1.54, 1.807) is 41.3 Å². The Kier molecular flexibility index (Phi) is 6.92. The van der Waals surface area contributed by atoms with Gasteiger partial charge in [0, 0.05) is 17.8 Å².